The number of H-pyrrole nitrogens is 1. The van der Waals surface area contributed by atoms with Crippen molar-refractivity contribution in [3.05, 3.63) is 60.0 Å². The Bertz CT molecular complexity index is 1160. The summed E-state index contributed by atoms with van der Waals surface area (Å²) in [7, 11) is 0. The van der Waals surface area contributed by atoms with Crippen LogP contribution < -0.4 is 10.6 Å². The number of aromatic amines is 1. The van der Waals surface area contributed by atoms with E-state index in [-0.39, 0.29) is 23.4 Å². The number of fused-ring (bicyclic) bond motifs is 2. The van der Waals surface area contributed by atoms with Crippen molar-refractivity contribution in [2.75, 3.05) is 17.2 Å². The van der Waals surface area contributed by atoms with Crippen LogP contribution in [0.5, 0.6) is 0 Å². The van der Waals surface area contributed by atoms with Gasteiger partial charge in [-0.15, -0.1) is 0 Å². The molecule has 30 heavy (non-hydrogen) atoms. The van der Waals surface area contributed by atoms with Gasteiger partial charge in [-0.2, -0.15) is 5.10 Å². The molecule has 2 aliphatic heterocycles. The van der Waals surface area contributed by atoms with Gasteiger partial charge in [0, 0.05) is 30.2 Å². The number of aromatic nitrogens is 3. The van der Waals surface area contributed by atoms with Gasteiger partial charge in [0.15, 0.2) is 0 Å². The fraction of sp³-hybridized carbons (Fsp3) is 0.190. The molecule has 0 bridgehead atoms. The summed E-state index contributed by atoms with van der Waals surface area (Å²) in [5, 5.41) is 12.5. The van der Waals surface area contributed by atoms with E-state index < -0.39 is 6.04 Å². The molecule has 2 aliphatic rings. The quantitative estimate of drug-likeness (QED) is 0.621. The molecule has 1 aromatic carbocycles. The summed E-state index contributed by atoms with van der Waals surface area (Å²) in [5.74, 6) is -0.763. The van der Waals surface area contributed by atoms with Crippen molar-refractivity contribution < 1.29 is 14.4 Å². The summed E-state index contributed by atoms with van der Waals surface area (Å²) in [6, 6.07) is 9.73. The molecule has 0 aliphatic carbocycles. The van der Waals surface area contributed by atoms with E-state index in [4.69, 9.17) is 0 Å². The first kappa shape index (κ1) is 18.0. The average Bonchev–Trinajstić information content (AvgIpc) is 3.43. The van der Waals surface area contributed by atoms with E-state index in [2.05, 4.69) is 25.8 Å². The van der Waals surface area contributed by atoms with E-state index in [1.165, 1.54) is 0 Å². The van der Waals surface area contributed by atoms with Crippen molar-refractivity contribution in [3.8, 4) is 11.3 Å². The van der Waals surface area contributed by atoms with Crippen LogP contribution in [0.4, 0.5) is 11.4 Å². The molecule has 150 valence electrons. The molecule has 5 rings (SSSR count). The molecule has 0 radical (unpaired) electrons. The molecule has 3 aromatic rings. The van der Waals surface area contributed by atoms with E-state index in [1.54, 1.807) is 47.6 Å². The van der Waals surface area contributed by atoms with Crippen LogP contribution in [0.2, 0.25) is 0 Å². The SMILES string of the molecule is O=C(Nc1ccc2c(c1)C(=O)N1CCCC1C(=O)N2)c1cc(-c2cccnc2)n[nH]1. The lowest BCUT2D eigenvalue weighted by atomic mass is 10.1. The van der Waals surface area contributed by atoms with Crippen LogP contribution in [0.1, 0.15) is 33.7 Å². The molecular formula is C21H18N6O3. The van der Waals surface area contributed by atoms with Crippen molar-refractivity contribution in [2.24, 2.45) is 0 Å². The number of carbonyl (C=O) groups excluding carboxylic acids is 3. The fourth-order valence-electron chi connectivity index (χ4n) is 3.86. The lowest BCUT2D eigenvalue weighted by molar-refractivity contribution is -0.119. The lowest BCUT2D eigenvalue weighted by Crippen LogP contribution is -2.40. The number of hydrogen-bond donors (Lipinski definition) is 3. The predicted molar refractivity (Wildman–Crippen MR) is 109 cm³/mol. The second kappa shape index (κ2) is 7.11. The third kappa shape index (κ3) is 3.10. The van der Waals surface area contributed by atoms with Gasteiger partial charge in [0.2, 0.25) is 5.91 Å². The highest BCUT2D eigenvalue weighted by Crippen LogP contribution is 2.30. The summed E-state index contributed by atoms with van der Waals surface area (Å²) in [5.41, 5.74) is 2.95. The average molecular weight is 402 g/mol. The first-order valence-electron chi connectivity index (χ1n) is 9.63. The number of nitrogens with one attached hydrogen (secondary N) is 3. The molecule has 9 heteroatoms. The standard InChI is InChI=1S/C21H18N6O3/c28-19(17-10-16(25-26-17)12-3-1-7-22-11-12)23-13-5-6-15-14(9-13)21(30)27-8-2-4-18(27)20(29)24-15/h1,3,5-7,9-11,18H,2,4,8H2,(H,23,28)(H,24,29)(H,25,26). The second-order valence-electron chi connectivity index (χ2n) is 7.27. The van der Waals surface area contributed by atoms with Crippen LogP contribution in [-0.2, 0) is 4.79 Å². The first-order valence-corrected chi connectivity index (χ1v) is 9.63. The highest BCUT2D eigenvalue weighted by atomic mass is 16.2. The van der Waals surface area contributed by atoms with Crippen LogP contribution in [0.3, 0.4) is 0 Å². The molecule has 4 heterocycles. The summed E-state index contributed by atoms with van der Waals surface area (Å²) < 4.78 is 0. The van der Waals surface area contributed by atoms with Crippen molar-refractivity contribution in [1.82, 2.24) is 20.1 Å². The van der Waals surface area contributed by atoms with E-state index in [9.17, 15) is 14.4 Å². The van der Waals surface area contributed by atoms with Crippen LogP contribution in [-0.4, -0.2) is 50.4 Å². The largest absolute Gasteiger partial charge is 0.327 e. The Hall–Kier alpha value is -4.01. The molecule has 0 spiro atoms. The van der Waals surface area contributed by atoms with Gasteiger partial charge < -0.3 is 15.5 Å². The topological polar surface area (TPSA) is 120 Å². The zero-order valence-corrected chi connectivity index (χ0v) is 15.9. The van der Waals surface area contributed by atoms with Gasteiger partial charge in [0.05, 0.1) is 16.9 Å². The van der Waals surface area contributed by atoms with E-state index in [0.29, 0.717) is 35.6 Å². The monoisotopic (exact) mass is 402 g/mol. The number of rotatable bonds is 3. The minimum absolute atomic E-state index is 0.170. The maximum atomic E-state index is 12.9. The van der Waals surface area contributed by atoms with Crippen LogP contribution in [0, 0.1) is 0 Å². The Labute approximate surface area is 171 Å². The summed E-state index contributed by atoms with van der Waals surface area (Å²) in [4.78, 5) is 43.6. The molecule has 1 unspecified atom stereocenters. The summed E-state index contributed by atoms with van der Waals surface area (Å²) in [6.07, 6.45) is 4.79. The second-order valence-corrected chi connectivity index (χ2v) is 7.27. The minimum atomic E-state index is -0.432. The third-order valence-corrected chi connectivity index (χ3v) is 5.36. The van der Waals surface area contributed by atoms with E-state index in [0.717, 1.165) is 12.0 Å². The Morgan fingerprint density at radius 1 is 1.20 bits per heavy atom. The molecule has 1 atom stereocenters. The van der Waals surface area contributed by atoms with Gasteiger partial charge in [-0.1, -0.05) is 0 Å². The van der Waals surface area contributed by atoms with Crippen molar-refractivity contribution in [1.29, 1.82) is 0 Å². The number of anilines is 2. The maximum absolute atomic E-state index is 12.9. The van der Waals surface area contributed by atoms with E-state index >= 15 is 0 Å². The normalized spacial score (nSPS) is 17.7. The zero-order chi connectivity index (χ0) is 20.7. The van der Waals surface area contributed by atoms with Crippen LogP contribution >= 0.6 is 0 Å². The molecule has 1 fully saturated rings. The summed E-state index contributed by atoms with van der Waals surface area (Å²) >= 11 is 0. The predicted octanol–water partition coefficient (Wildman–Crippen LogP) is 2.28. The fourth-order valence-corrected chi connectivity index (χ4v) is 3.86. The Morgan fingerprint density at radius 3 is 2.93 bits per heavy atom. The van der Waals surface area contributed by atoms with E-state index in [1.807, 2.05) is 6.07 Å². The number of hydrogen-bond acceptors (Lipinski definition) is 5. The van der Waals surface area contributed by atoms with Gasteiger partial charge in [-0.05, 0) is 49.2 Å². The Morgan fingerprint density at radius 2 is 2.10 bits per heavy atom. The third-order valence-electron chi connectivity index (χ3n) is 5.36. The zero-order valence-electron chi connectivity index (χ0n) is 15.9. The number of amides is 3. The molecular weight excluding hydrogens is 384 g/mol. The number of nitrogens with zero attached hydrogens (tertiary/aromatic N) is 3. The van der Waals surface area contributed by atoms with Crippen LogP contribution in [0.15, 0.2) is 48.8 Å². The number of pyridine rings is 1. The van der Waals surface area contributed by atoms with Crippen LogP contribution in [0.25, 0.3) is 11.3 Å². The highest BCUT2D eigenvalue weighted by Gasteiger charge is 2.38. The molecule has 0 saturated carbocycles. The maximum Gasteiger partial charge on any atom is 0.273 e. The number of benzene rings is 1. The van der Waals surface area contributed by atoms with Crippen molar-refractivity contribution in [2.45, 2.75) is 18.9 Å². The van der Waals surface area contributed by atoms with Gasteiger partial charge in [-0.25, -0.2) is 0 Å². The first-order chi connectivity index (χ1) is 14.6. The highest BCUT2D eigenvalue weighted by molar-refractivity contribution is 6.11. The molecule has 3 amide bonds. The van der Waals surface area contributed by atoms with Gasteiger partial charge in [-0.3, -0.25) is 24.5 Å². The van der Waals surface area contributed by atoms with Crippen molar-refractivity contribution in [3.63, 3.8) is 0 Å². The van der Waals surface area contributed by atoms with Gasteiger partial charge >= 0.3 is 0 Å². The number of carbonyl (C=O) groups is 3. The molecule has 2 aromatic heterocycles. The van der Waals surface area contributed by atoms with Gasteiger partial charge in [0.1, 0.15) is 11.7 Å². The summed E-state index contributed by atoms with van der Waals surface area (Å²) in [6.45, 7) is 0.554. The Kier molecular flexibility index (Phi) is 4.27. The molecule has 9 nitrogen and oxygen atoms in total. The molecule has 1 saturated heterocycles. The Balaban J connectivity index is 1.38. The van der Waals surface area contributed by atoms with Crippen molar-refractivity contribution >= 4 is 29.1 Å². The van der Waals surface area contributed by atoms with Gasteiger partial charge in [0.25, 0.3) is 11.8 Å². The minimum Gasteiger partial charge on any atom is -0.327 e. The lowest BCUT2D eigenvalue weighted by Gasteiger charge is -2.20. The molecule has 3 N–H and O–H groups in total. The smallest absolute Gasteiger partial charge is 0.273 e.